The van der Waals surface area contributed by atoms with Crippen molar-refractivity contribution in [3.05, 3.63) is 17.8 Å². The van der Waals surface area contributed by atoms with Crippen LogP contribution in [0.1, 0.15) is 50.0 Å². The maximum Gasteiger partial charge on any atom is 0.197 e. The first-order valence-corrected chi connectivity index (χ1v) is 4.52. The Kier molecular flexibility index (Phi) is 2.86. The minimum atomic E-state index is -0.0230. The molecule has 1 aromatic heterocycles. The van der Waals surface area contributed by atoms with Gasteiger partial charge in [0.1, 0.15) is 12.0 Å². The molecule has 1 aromatic rings. The highest BCUT2D eigenvalue weighted by atomic mass is 16.3. The molecule has 0 unspecified atom stereocenters. The Morgan fingerprint density at radius 1 is 1.38 bits per heavy atom. The van der Waals surface area contributed by atoms with Crippen molar-refractivity contribution in [2.45, 2.75) is 33.6 Å². The van der Waals surface area contributed by atoms with Crippen LogP contribution >= 0.6 is 0 Å². The first kappa shape index (κ1) is 9.96. The number of rotatable bonds is 3. The summed E-state index contributed by atoms with van der Waals surface area (Å²) in [5, 5.41) is 0. The zero-order valence-electron chi connectivity index (χ0n) is 8.50. The summed E-state index contributed by atoms with van der Waals surface area (Å²) in [6, 6.07) is 0. The molecule has 0 aliphatic carbocycles. The SMILES string of the molecule is CC(C)C(=O)c1coc(C(C)C)n1. The monoisotopic (exact) mass is 181 g/mol. The van der Waals surface area contributed by atoms with Crippen LogP contribution in [0.2, 0.25) is 0 Å². The van der Waals surface area contributed by atoms with Crippen molar-refractivity contribution in [3.63, 3.8) is 0 Å². The minimum Gasteiger partial charge on any atom is -0.448 e. The van der Waals surface area contributed by atoms with E-state index in [9.17, 15) is 4.79 Å². The summed E-state index contributed by atoms with van der Waals surface area (Å²) < 4.78 is 5.17. The van der Waals surface area contributed by atoms with Gasteiger partial charge in [-0.1, -0.05) is 27.7 Å². The molecule has 0 aromatic carbocycles. The van der Waals surface area contributed by atoms with E-state index in [-0.39, 0.29) is 17.6 Å². The summed E-state index contributed by atoms with van der Waals surface area (Å²) >= 11 is 0. The first-order chi connectivity index (χ1) is 6.02. The Balaban J connectivity index is 2.86. The van der Waals surface area contributed by atoms with Gasteiger partial charge >= 0.3 is 0 Å². The van der Waals surface area contributed by atoms with E-state index in [1.54, 1.807) is 0 Å². The highest BCUT2D eigenvalue weighted by Crippen LogP contribution is 2.15. The van der Waals surface area contributed by atoms with Crippen LogP contribution < -0.4 is 0 Å². The van der Waals surface area contributed by atoms with E-state index in [1.165, 1.54) is 6.26 Å². The molecule has 0 bridgehead atoms. The molecule has 0 aliphatic heterocycles. The Bertz CT molecular complexity index is 300. The molecular weight excluding hydrogens is 166 g/mol. The lowest BCUT2D eigenvalue weighted by Crippen LogP contribution is -2.07. The van der Waals surface area contributed by atoms with Crippen molar-refractivity contribution >= 4 is 5.78 Å². The fraction of sp³-hybridized carbons (Fsp3) is 0.600. The fourth-order valence-electron chi connectivity index (χ4n) is 0.962. The van der Waals surface area contributed by atoms with E-state index in [2.05, 4.69) is 4.98 Å². The molecular formula is C10H15NO2. The van der Waals surface area contributed by atoms with Gasteiger partial charge in [0.2, 0.25) is 0 Å². The topological polar surface area (TPSA) is 43.1 Å². The van der Waals surface area contributed by atoms with Crippen LogP contribution in [-0.4, -0.2) is 10.8 Å². The predicted molar refractivity (Wildman–Crippen MR) is 49.8 cm³/mol. The highest BCUT2D eigenvalue weighted by Gasteiger charge is 2.16. The van der Waals surface area contributed by atoms with Crippen LogP contribution in [0, 0.1) is 5.92 Å². The summed E-state index contributed by atoms with van der Waals surface area (Å²) in [7, 11) is 0. The van der Waals surface area contributed by atoms with Gasteiger partial charge in [-0.25, -0.2) is 4.98 Å². The minimum absolute atomic E-state index is 0.0230. The van der Waals surface area contributed by atoms with Gasteiger partial charge in [-0.3, -0.25) is 4.79 Å². The van der Waals surface area contributed by atoms with E-state index in [0.29, 0.717) is 11.6 Å². The second kappa shape index (κ2) is 3.73. The molecule has 0 spiro atoms. The number of Topliss-reactive ketones (excluding diaryl/α,β-unsaturated/α-hetero) is 1. The van der Waals surface area contributed by atoms with Gasteiger partial charge in [0, 0.05) is 11.8 Å². The van der Waals surface area contributed by atoms with Gasteiger partial charge < -0.3 is 4.42 Å². The Morgan fingerprint density at radius 2 is 2.00 bits per heavy atom. The number of nitrogens with zero attached hydrogens (tertiary/aromatic N) is 1. The van der Waals surface area contributed by atoms with E-state index in [4.69, 9.17) is 4.42 Å². The summed E-state index contributed by atoms with van der Waals surface area (Å²) in [4.78, 5) is 15.6. The molecule has 0 saturated heterocycles. The largest absolute Gasteiger partial charge is 0.448 e. The van der Waals surface area contributed by atoms with Gasteiger partial charge in [-0.05, 0) is 0 Å². The van der Waals surface area contributed by atoms with Crippen molar-refractivity contribution in [1.29, 1.82) is 0 Å². The smallest absolute Gasteiger partial charge is 0.197 e. The lowest BCUT2D eigenvalue weighted by Gasteiger charge is -1.98. The lowest BCUT2D eigenvalue weighted by atomic mass is 10.1. The van der Waals surface area contributed by atoms with Gasteiger partial charge in [0.15, 0.2) is 11.7 Å². The molecule has 0 radical (unpaired) electrons. The molecule has 0 atom stereocenters. The Morgan fingerprint density at radius 3 is 2.38 bits per heavy atom. The quantitative estimate of drug-likeness (QED) is 0.673. The summed E-state index contributed by atoms with van der Waals surface area (Å²) in [5.74, 6) is 0.874. The third-order valence-corrected chi connectivity index (χ3v) is 1.79. The second-order valence-corrected chi connectivity index (χ2v) is 3.74. The van der Waals surface area contributed by atoms with Crippen LogP contribution in [0.3, 0.4) is 0 Å². The third kappa shape index (κ3) is 2.17. The van der Waals surface area contributed by atoms with Crippen molar-refractivity contribution < 1.29 is 9.21 Å². The standard InChI is InChI=1S/C10H15NO2/c1-6(2)9(12)8-5-13-10(11-8)7(3)4/h5-7H,1-4H3. The van der Waals surface area contributed by atoms with Crippen molar-refractivity contribution in [1.82, 2.24) is 4.98 Å². The van der Waals surface area contributed by atoms with Crippen LogP contribution in [-0.2, 0) is 0 Å². The van der Waals surface area contributed by atoms with Gasteiger partial charge in [-0.15, -0.1) is 0 Å². The van der Waals surface area contributed by atoms with E-state index in [0.717, 1.165) is 0 Å². The number of aromatic nitrogens is 1. The highest BCUT2D eigenvalue weighted by molar-refractivity contribution is 5.95. The zero-order valence-corrected chi connectivity index (χ0v) is 8.50. The summed E-state index contributed by atoms with van der Waals surface area (Å²) in [5.41, 5.74) is 0.443. The number of carbonyl (C=O) groups excluding carboxylic acids is 1. The number of oxazole rings is 1. The Labute approximate surface area is 78.2 Å². The van der Waals surface area contributed by atoms with E-state index in [1.807, 2.05) is 27.7 Å². The molecule has 3 heteroatoms. The molecule has 1 rings (SSSR count). The molecule has 0 saturated carbocycles. The van der Waals surface area contributed by atoms with Gasteiger partial charge in [0.25, 0.3) is 0 Å². The van der Waals surface area contributed by atoms with Crippen molar-refractivity contribution in [2.24, 2.45) is 5.92 Å². The molecule has 0 aliphatic rings. The van der Waals surface area contributed by atoms with Crippen molar-refractivity contribution in [2.75, 3.05) is 0 Å². The van der Waals surface area contributed by atoms with Crippen LogP contribution in [0.4, 0.5) is 0 Å². The number of ketones is 1. The summed E-state index contributed by atoms with van der Waals surface area (Å²) in [6.45, 7) is 7.67. The fourth-order valence-corrected chi connectivity index (χ4v) is 0.962. The van der Waals surface area contributed by atoms with E-state index < -0.39 is 0 Å². The molecule has 3 nitrogen and oxygen atoms in total. The van der Waals surface area contributed by atoms with Gasteiger partial charge in [0.05, 0.1) is 0 Å². The van der Waals surface area contributed by atoms with Gasteiger partial charge in [-0.2, -0.15) is 0 Å². The number of hydrogen-bond acceptors (Lipinski definition) is 3. The van der Waals surface area contributed by atoms with Crippen LogP contribution in [0.5, 0.6) is 0 Å². The number of carbonyl (C=O) groups is 1. The van der Waals surface area contributed by atoms with Crippen LogP contribution in [0.15, 0.2) is 10.7 Å². The average Bonchev–Trinajstić information content (AvgIpc) is 2.50. The van der Waals surface area contributed by atoms with Crippen molar-refractivity contribution in [3.8, 4) is 0 Å². The molecule has 0 amide bonds. The lowest BCUT2D eigenvalue weighted by molar-refractivity contribution is 0.0934. The average molecular weight is 181 g/mol. The number of hydrogen-bond donors (Lipinski definition) is 0. The molecule has 1 heterocycles. The first-order valence-electron chi connectivity index (χ1n) is 4.52. The zero-order chi connectivity index (χ0) is 10.0. The third-order valence-electron chi connectivity index (χ3n) is 1.79. The predicted octanol–water partition coefficient (Wildman–Crippen LogP) is 2.64. The molecule has 0 N–H and O–H groups in total. The molecule has 13 heavy (non-hydrogen) atoms. The summed E-state index contributed by atoms with van der Waals surface area (Å²) in [6.07, 6.45) is 1.44. The normalized spacial score (nSPS) is 11.2. The maximum absolute atomic E-state index is 11.5. The Hall–Kier alpha value is -1.12. The van der Waals surface area contributed by atoms with Crippen LogP contribution in [0.25, 0.3) is 0 Å². The molecule has 72 valence electrons. The molecule has 0 fully saturated rings. The maximum atomic E-state index is 11.5. The second-order valence-electron chi connectivity index (χ2n) is 3.74. The van der Waals surface area contributed by atoms with E-state index >= 15 is 0 Å².